The standard InChI is InChI=1S/C13H25NO3/c1-4-17-12(15)13(14-9-10-16-3)7-5-11(2)6-8-13/h11,14H,4-10H2,1-3H3. The van der Waals surface area contributed by atoms with Crippen molar-refractivity contribution in [3.63, 3.8) is 0 Å². The summed E-state index contributed by atoms with van der Waals surface area (Å²) >= 11 is 0. The summed E-state index contributed by atoms with van der Waals surface area (Å²) in [5.41, 5.74) is -0.471. The van der Waals surface area contributed by atoms with Gasteiger partial charge in [-0.15, -0.1) is 0 Å². The van der Waals surface area contributed by atoms with Crippen LogP contribution >= 0.6 is 0 Å². The van der Waals surface area contributed by atoms with Gasteiger partial charge in [-0.25, -0.2) is 0 Å². The van der Waals surface area contributed by atoms with E-state index < -0.39 is 5.54 Å². The number of ether oxygens (including phenoxy) is 2. The van der Waals surface area contributed by atoms with Crippen molar-refractivity contribution in [2.45, 2.75) is 45.1 Å². The van der Waals surface area contributed by atoms with Crippen LogP contribution in [0.5, 0.6) is 0 Å². The quantitative estimate of drug-likeness (QED) is 0.570. The maximum absolute atomic E-state index is 12.1. The van der Waals surface area contributed by atoms with Gasteiger partial charge in [-0.05, 0) is 38.5 Å². The minimum absolute atomic E-state index is 0.0944. The van der Waals surface area contributed by atoms with E-state index >= 15 is 0 Å². The van der Waals surface area contributed by atoms with Crippen LogP contribution in [0.1, 0.15) is 39.5 Å². The van der Waals surface area contributed by atoms with Gasteiger partial charge in [0, 0.05) is 13.7 Å². The molecule has 0 radical (unpaired) electrons. The molecule has 0 aromatic heterocycles. The third-order valence-corrected chi connectivity index (χ3v) is 3.56. The van der Waals surface area contributed by atoms with Crippen molar-refractivity contribution in [3.8, 4) is 0 Å². The summed E-state index contributed by atoms with van der Waals surface area (Å²) in [5, 5.41) is 3.34. The number of esters is 1. The van der Waals surface area contributed by atoms with E-state index in [4.69, 9.17) is 9.47 Å². The zero-order valence-corrected chi connectivity index (χ0v) is 11.3. The van der Waals surface area contributed by atoms with E-state index in [9.17, 15) is 4.79 Å². The molecule has 0 spiro atoms. The Balaban J connectivity index is 2.60. The molecule has 4 heteroatoms. The van der Waals surface area contributed by atoms with E-state index in [1.807, 2.05) is 6.92 Å². The minimum Gasteiger partial charge on any atom is -0.465 e. The molecule has 0 bridgehead atoms. The lowest BCUT2D eigenvalue weighted by molar-refractivity contribution is -0.153. The Morgan fingerprint density at radius 1 is 1.41 bits per heavy atom. The first-order valence-electron chi connectivity index (χ1n) is 6.56. The van der Waals surface area contributed by atoms with Crippen LogP contribution in [-0.4, -0.2) is 38.4 Å². The minimum atomic E-state index is -0.471. The highest BCUT2D eigenvalue weighted by Crippen LogP contribution is 2.32. The first-order valence-corrected chi connectivity index (χ1v) is 6.56. The summed E-state index contributed by atoms with van der Waals surface area (Å²) in [5.74, 6) is 0.616. The molecule has 0 heterocycles. The van der Waals surface area contributed by atoms with Crippen LogP contribution in [0, 0.1) is 5.92 Å². The molecule has 0 aromatic carbocycles. The van der Waals surface area contributed by atoms with E-state index in [0.29, 0.717) is 25.7 Å². The second-order valence-corrected chi connectivity index (χ2v) is 4.90. The van der Waals surface area contributed by atoms with Gasteiger partial charge in [-0.3, -0.25) is 10.1 Å². The van der Waals surface area contributed by atoms with Crippen LogP contribution in [0.25, 0.3) is 0 Å². The molecule has 0 aromatic rings. The number of rotatable bonds is 6. The SMILES string of the molecule is CCOC(=O)C1(NCCOC)CCC(C)CC1. The molecular formula is C13H25NO3. The molecule has 0 amide bonds. The average Bonchev–Trinajstić information content (AvgIpc) is 2.32. The topological polar surface area (TPSA) is 47.6 Å². The first kappa shape index (κ1) is 14.5. The van der Waals surface area contributed by atoms with Crippen molar-refractivity contribution in [2.24, 2.45) is 5.92 Å². The van der Waals surface area contributed by atoms with Gasteiger partial charge in [0.05, 0.1) is 13.2 Å². The number of methoxy groups -OCH3 is 1. The van der Waals surface area contributed by atoms with E-state index in [1.54, 1.807) is 7.11 Å². The van der Waals surface area contributed by atoms with Gasteiger partial charge in [0.25, 0.3) is 0 Å². The molecule has 1 fully saturated rings. The monoisotopic (exact) mass is 243 g/mol. The van der Waals surface area contributed by atoms with Crippen LogP contribution < -0.4 is 5.32 Å². The van der Waals surface area contributed by atoms with Gasteiger partial charge >= 0.3 is 5.97 Å². The summed E-state index contributed by atoms with van der Waals surface area (Å²) in [6.07, 6.45) is 3.91. The molecule has 1 N–H and O–H groups in total. The summed E-state index contributed by atoms with van der Waals surface area (Å²) in [4.78, 5) is 12.1. The number of nitrogens with one attached hydrogen (secondary N) is 1. The molecule has 1 aliphatic carbocycles. The third kappa shape index (κ3) is 3.96. The lowest BCUT2D eigenvalue weighted by Gasteiger charge is -2.38. The van der Waals surface area contributed by atoms with Crippen molar-refractivity contribution in [3.05, 3.63) is 0 Å². The summed E-state index contributed by atoms with van der Waals surface area (Å²) < 4.78 is 10.2. The zero-order chi connectivity index (χ0) is 12.7. The number of hydrogen-bond donors (Lipinski definition) is 1. The van der Waals surface area contributed by atoms with Gasteiger partial charge in [0.15, 0.2) is 0 Å². The van der Waals surface area contributed by atoms with Crippen molar-refractivity contribution in [1.29, 1.82) is 0 Å². The molecule has 1 aliphatic rings. The van der Waals surface area contributed by atoms with Gasteiger partial charge in [0.1, 0.15) is 5.54 Å². The maximum atomic E-state index is 12.1. The highest BCUT2D eigenvalue weighted by molar-refractivity contribution is 5.81. The van der Waals surface area contributed by atoms with E-state index in [0.717, 1.165) is 25.7 Å². The Morgan fingerprint density at radius 3 is 2.59 bits per heavy atom. The lowest BCUT2D eigenvalue weighted by Crippen LogP contribution is -2.55. The van der Waals surface area contributed by atoms with Crippen LogP contribution in [-0.2, 0) is 14.3 Å². The van der Waals surface area contributed by atoms with Crippen molar-refractivity contribution in [2.75, 3.05) is 26.9 Å². The van der Waals surface area contributed by atoms with Crippen molar-refractivity contribution in [1.82, 2.24) is 5.32 Å². The van der Waals surface area contributed by atoms with E-state index in [-0.39, 0.29) is 5.97 Å². The Labute approximate surface area is 104 Å². The fourth-order valence-electron chi connectivity index (χ4n) is 2.37. The number of carbonyl (C=O) groups excluding carboxylic acids is 1. The Morgan fingerprint density at radius 2 is 2.06 bits per heavy atom. The molecule has 0 unspecified atom stereocenters. The molecule has 4 nitrogen and oxygen atoms in total. The van der Waals surface area contributed by atoms with Crippen molar-refractivity contribution < 1.29 is 14.3 Å². The van der Waals surface area contributed by atoms with E-state index in [1.165, 1.54) is 0 Å². The Hall–Kier alpha value is -0.610. The molecule has 1 saturated carbocycles. The molecule has 0 atom stereocenters. The largest absolute Gasteiger partial charge is 0.465 e. The zero-order valence-electron chi connectivity index (χ0n) is 11.3. The second kappa shape index (κ2) is 6.97. The summed E-state index contributed by atoms with van der Waals surface area (Å²) in [6.45, 7) is 5.86. The van der Waals surface area contributed by atoms with Crippen LogP contribution in [0.2, 0.25) is 0 Å². The average molecular weight is 243 g/mol. The molecule has 0 saturated heterocycles. The number of hydrogen-bond acceptors (Lipinski definition) is 4. The molecule has 17 heavy (non-hydrogen) atoms. The first-order chi connectivity index (χ1) is 8.14. The van der Waals surface area contributed by atoms with Gasteiger partial charge in [-0.2, -0.15) is 0 Å². The highest BCUT2D eigenvalue weighted by Gasteiger charge is 2.41. The molecule has 0 aliphatic heterocycles. The van der Waals surface area contributed by atoms with Crippen LogP contribution in [0.4, 0.5) is 0 Å². The van der Waals surface area contributed by atoms with Crippen LogP contribution in [0.3, 0.4) is 0 Å². The predicted molar refractivity (Wildman–Crippen MR) is 66.9 cm³/mol. The normalized spacial score (nSPS) is 29.0. The summed E-state index contributed by atoms with van der Waals surface area (Å²) in [7, 11) is 1.67. The highest BCUT2D eigenvalue weighted by atomic mass is 16.5. The molecule has 1 rings (SSSR count). The van der Waals surface area contributed by atoms with Crippen molar-refractivity contribution >= 4 is 5.97 Å². The molecular weight excluding hydrogens is 218 g/mol. The third-order valence-electron chi connectivity index (χ3n) is 3.56. The predicted octanol–water partition coefficient (Wildman–Crippen LogP) is 1.73. The van der Waals surface area contributed by atoms with Gasteiger partial charge < -0.3 is 9.47 Å². The molecule has 100 valence electrons. The lowest BCUT2D eigenvalue weighted by atomic mass is 9.77. The van der Waals surface area contributed by atoms with Gasteiger partial charge in [0.2, 0.25) is 0 Å². The maximum Gasteiger partial charge on any atom is 0.326 e. The van der Waals surface area contributed by atoms with Gasteiger partial charge in [-0.1, -0.05) is 6.92 Å². The Bertz CT molecular complexity index is 235. The fourth-order valence-corrected chi connectivity index (χ4v) is 2.37. The van der Waals surface area contributed by atoms with Crippen LogP contribution in [0.15, 0.2) is 0 Å². The smallest absolute Gasteiger partial charge is 0.326 e. The second-order valence-electron chi connectivity index (χ2n) is 4.90. The fraction of sp³-hybridized carbons (Fsp3) is 0.923. The van der Waals surface area contributed by atoms with E-state index in [2.05, 4.69) is 12.2 Å². The summed E-state index contributed by atoms with van der Waals surface area (Å²) in [6, 6.07) is 0. The Kier molecular flexibility index (Phi) is 5.92. The number of carbonyl (C=O) groups is 1.